The molecule has 0 atom stereocenters. The molecule has 1 aliphatic rings. The lowest BCUT2D eigenvalue weighted by Crippen LogP contribution is -2.33. The van der Waals surface area contributed by atoms with E-state index in [1.807, 2.05) is 19.1 Å². The molecule has 0 aliphatic heterocycles. The van der Waals surface area contributed by atoms with Crippen LogP contribution in [0, 0.1) is 0 Å². The number of anilines is 1. The minimum Gasteiger partial charge on any atom is -0.348 e. The number of benzene rings is 1. The Bertz CT molecular complexity index is 1070. The standard InChI is InChI=1S/C22H25ClN6O2/c1-2-28-14-19(20(27-28)22(31)25-18-5-3-4-6-18)26-21(30)16-9-7-15(8-10-16)12-29-13-17(23)11-24-29/h7-11,13-14,18H,2-6,12H2,1H3,(H,25,31)(H,26,30). The Labute approximate surface area is 185 Å². The maximum Gasteiger partial charge on any atom is 0.274 e. The summed E-state index contributed by atoms with van der Waals surface area (Å²) in [5, 5.41) is 15.0. The maximum absolute atomic E-state index is 12.8. The molecule has 8 nitrogen and oxygen atoms in total. The number of carbonyl (C=O) groups excluding carboxylic acids is 2. The number of halogens is 1. The molecule has 2 heterocycles. The molecular formula is C22H25ClN6O2. The third-order valence-corrected chi connectivity index (χ3v) is 5.60. The van der Waals surface area contributed by atoms with E-state index in [1.165, 1.54) is 0 Å². The Hall–Kier alpha value is -3.13. The van der Waals surface area contributed by atoms with Gasteiger partial charge >= 0.3 is 0 Å². The lowest BCUT2D eigenvalue weighted by molar-refractivity contribution is 0.0933. The molecule has 162 valence electrons. The molecule has 1 aromatic carbocycles. The van der Waals surface area contributed by atoms with E-state index < -0.39 is 0 Å². The lowest BCUT2D eigenvalue weighted by Gasteiger charge is -2.11. The Balaban J connectivity index is 1.44. The Morgan fingerprint density at radius 2 is 1.84 bits per heavy atom. The van der Waals surface area contributed by atoms with E-state index >= 15 is 0 Å². The van der Waals surface area contributed by atoms with E-state index in [1.54, 1.807) is 40.1 Å². The van der Waals surface area contributed by atoms with Gasteiger partial charge in [0.2, 0.25) is 0 Å². The summed E-state index contributed by atoms with van der Waals surface area (Å²) in [6, 6.07) is 7.41. The van der Waals surface area contributed by atoms with Crippen LogP contribution >= 0.6 is 11.6 Å². The van der Waals surface area contributed by atoms with Gasteiger partial charge in [-0.25, -0.2) is 0 Å². The lowest BCUT2D eigenvalue weighted by atomic mass is 10.1. The predicted molar refractivity (Wildman–Crippen MR) is 118 cm³/mol. The number of amides is 2. The summed E-state index contributed by atoms with van der Waals surface area (Å²) < 4.78 is 3.38. The Morgan fingerprint density at radius 3 is 2.48 bits per heavy atom. The summed E-state index contributed by atoms with van der Waals surface area (Å²) in [4.78, 5) is 25.5. The second kappa shape index (κ2) is 9.34. The van der Waals surface area contributed by atoms with Crippen molar-refractivity contribution in [1.29, 1.82) is 0 Å². The largest absolute Gasteiger partial charge is 0.348 e. The summed E-state index contributed by atoms with van der Waals surface area (Å²) in [6.45, 7) is 3.10. The molecule has 0 saturated heterocycles. The first kappa shape index (κ1) is 21.1. The second-order valence-electron chi connectivity index (χ2n) is 7.71. The molecule has 9 heteroatoms. The van der Waals surface area contributed by atoms with Crippen molar-refractivity contribution >= 4 is 29.1 Å². The molecule has 0 unspecified atom stereocenters. The van der Waals surface area contributed by atoms with E-state index in [0.717, 1.165) is 31.2 Å². The third-order valence-electron chi connectivity index (χ3n) is 5.40. The topological polar surface area (TPSA) is 93.8 Å². The number of nitrogens with zero attached hydrogens (tertiary/aromatic N) is 4. The zero-order valence-corrected chi connectivity index (χ0v) is 18.1. The van der Waals surface area contributed by atoms with E-state index in [0.29, 0.717) is 29.4 Å². The fraction of sp³-hybridized carbons (Fsp3) is 0.364. The Kier molecular flexibility index (Phi) is 6.36. The molecule has 1 saturated carbocycles. The number of hydrogen-bond donors (Lipinski definition) is 2. The molecule has 0 radical (unpaired) electrons. The van der Waals surface area contributed by atoms with Crippen LogP contribution < -0.4 is 10.6 Å². The summed E-state index contributed by atoms with van der Waals surface area (Å²) in [5.74, 6) is -0.540. The fourth-order valence-electron chi connectivity index (χ4n) is 3.73. The van der Waals surface area contributed by atoms with Gasteiger partial charge in [-0.3, -0.25) is 19.0 Å². The van der Waals surface area contributed by atoms with Gasteiger partial charge in [0, 0.05) is 30.5 Å². The third kappa shape index (κ3) is 5.14. The van der Waals surface area contributed by atoms with Gasteiger partial charge in [0.05, 0.1) is 23.5 Å². The number of aryl methyl sites for hydroxylation is 1. The highest BCUT2D eigenvalue weighted by Crippen LogP contribution is 2.20. The number of rotatable bonds is 7. The van der Waals surface area contributed by atoms with Crippen LogP contribution in [0.15, 0.2) is 42.9 Å². The minimum absolute atomic E-state index is 0.181. The molecular weight excluding hydrogens is 416 g/mol. The van der Waals surface area contributed by atoms with Crippen LogP contribution in [0.3, 0.4) is 0 Å². The highest BCUT2D eigenvalue weighted by Gasteiger charge is 2.23. The number of nitrogens with one attached hydrogen (secondary N) is 2. The van der Waals surface area contributed by atoms with E-state index in [2.05, 4.69) is 20.8 Å². The molecule has 0 bridgehead atoms. The SMILES string of the molecule is CCn1cc(NC(=O)c2ccc(Cn3cc(Cl)cn3)cc2)c(C(=O)NC2CCCC2)n1. The monoisotopic (exact) mass is 440 g/mol. The van der Waals surface area contributed by atoms with Crippen LogP contribution in [0.2, 0.25) is 5.02 Å². The van der Waals surface area contributed by atoms with Crippen molar-refractivity contribution in [2.45, 2.75) is 51.7 Å². The maximum atomic E-state index is 12.8. The molecule has 4 rings (SSSR count). The summed E-state index contributed by atoms with van der Waals surface area (Å²) in [7, 11) is 0. The second-order valence-corrected chi connectivity index (χ2v) is 8.15. The van der Waals surface area contributed by atoms with E-state index in [9.17, 15) is 9.59 Å². The first-order valence-corrected chi connectivity index (χ1v) is 10.9. The number of aromatic nitrogens is 4. The molecule has 2 N–H and O–H groups in total. The van der Waals surface area contributed by atoms with E-state index in [4.69, 9.17) is 11.6 Å². The smallest absolute Gasteiger partial charge is 0.274 e. The van der Waals surface area contributed by atoms with Crippen LogP contribution in [0.1, 0.15) is 59.0 Å². The normalized spacial score (nSPS) is 14.0. The van der Waals surface area contributed by atoms with Crippen molar-refractivity contribution in [2.75, 3.05) is 5.32 Å². The molecule has 1 fully saturated rings. The minimum atomic E-state index is -0.292. The molecule has 3 aromatic rings. The zero-order chi connectivity index (χ0) is 21.8. The van der Waals surface area contributed by atoms with Crippen molar-refractivity contribution < 1.29 is 9.59 Å². The van der Waals surface area contributed by atoms with Gasteiger partial charge in [-0.15, -0.1) is 0 Å². The fourth-order valence-corrected chi connectivity index (χ4v) is 3.89. The highest BCUT2D eigenvalue weighted by molar-refractivity contribution is 6.30. The number of carbonyl (C=O) groups is 2. The Morgan fingerprint density at radius 1 is 1.10 bits per heavy atom. The first-order valence-electron chi connectivity index (χ1n) is 10.5. The van der Waals surface area contributed by atoms with Crippen LogP contribution in [0.4, 0.5) is 5.69 Å². The van der Waals surface area contributed by atoms with Gasteiger partial charge in [0.25, 0.3) is 11.8 Å². The number of hydrogen-bond acceptors (Lipinski definition) is 4. The van der Waals surface area contributed by atoms with E-state index in [-0.39, 0.29) is 23.6 Å². The van der Waals surface area contributed by atoms with Gasteiger partial charge in [-0.05, 0) is 37.5 Å². The van der Waals surface area contributed by atoms with Crippen molar-refractivity contribution in [3.05, 3.63) is 64.7 Å². The average Bonchev–Trinajstić information content (AvgIpc) is 3.50. The van der Waals surface area contributed by atoms with Crippen LogP contribution in [0.25, 0.3) is 0 Å². The summed E-state index contributed by atoms with van der Waals surface area (Å²) in [5.41, 5.74) is 2.15. The van der Waals surface area contributed by atoms with Gasteiger partial charge < -0.3 is 10.6 Å². The van der Waals surface area contributed by atoms with Gasteiger partial charge in [0.15, 0.2) is 5.69 Å². The van der Waals surface area contributed by atoms with Crippen LogP contribution in [-0.4, -0.2) is 37.4 Å². The molecule has 2 amide bonds. The average molecular weight is 441 g/mol. The van der Waals surface area contributed by atoms with Crippen molar-refractivity contribution in [3.8, 4) is 0 Å². The summed E-state index contributed by atoms with van der Waals surface area (Å²) >= 11 is 5.89. The van der Waals surface area contributed by atoms with Gasteiger partial charge in [-0.2, -0.15) is 10.2 Å². The molecule has 31 heavy (non-hydrogen) atoms. The zero-order valence-electron chi connectivity index (χ0n) is 17.3. The quantitative estimate of drug-likeness (QED) is 0.585. The van der Waals surface area contributed by atoms with Crippen molar-refractivity contribution in [2.24, 2.45) is 0 Å². The molecule has 1 aliphatic carbocycles. The first-order chi connectivity index (χ1) is 15.0. The molecule has 2 aromatic heterocycles. The predicted octanol–water partition coefficient (Wildman–Crippen LogP) is 3.73. The van der Waals surface area contributed by atoms with Crippen molar-refractivity contribution in [1.82, 2.24) is 24.9 Å². The van der Waals surface area contributed by atoms with Gasteiger partial charge in [-0.1, -0.05) is 36.6 Å². The molecule has 0 spiro atoms. The highest BCUT2D eigenvalue weighted by atomic mass is 35.5. The van der Waals surface area contributed by atoms with Crippen LogP contribution in [-0.2, 0) is 13.1 Å². The van der Waals surface area contributed by atoms with Crippen molar-refractivity contribution in [3.63, 3.8) is 0 Å². The summed E-state index contributed by atoms with van der Waals surface area (Å²) in [6.07, 6.45) is 9.24. The van der Waals surface area contributed by atoms with Gasteiger partial charge in [0.1, 0.15) is 0 Å². The van der Waals surface area contributed by atoms with Crippen LogP contribution in [0.5, 0.6) is 0 Å².